The van der Waals surface area contributed by atoms with E-state index in [0.29, 0.717) is 0 Å². The number of nitrogens with one attached hydrogen (secondary N) is 1. The molecule has 0 bridgehead atoms. The van der Waals surface area contributed by atoms with E-state index in [-0.39, 0.29) is 6.42 Å². The maximum atomic E-state index is 12.0. The third-order valence-electron chi connectivity index (χ3n) is 2.46. The van der Waals surface area contributed by atoms with Crippen LogP contribution < -0.4 is 9.86 Å². The Bertz CT molecular complexity index is 728. The van der Waals surface area contributed by atoms with Gasteiger partial charge in [-0.05, 0) is 24.6 Å². The SMILES string of the molecule is NS(=O)(=O)c1cccc(S(=O)(=O)N[C@H](CCO)C(=O)O)c1. The van der Waals surface area contributed by atoms with Gasteiger partial charge >= 0.3 is 5.97 Å². The number of aliphatic hydroxyl groups excluding tert-OH is 1. The molecule has 0 amide bonds. The van der Waals surface area contributed by atoms with Gasteiger partial charge in [-0.3, -0.25) is 4.79 Å². The van der Waals surface area contributed by atoms with Crippen LogP contribution in [0.4, 0.5) is 0 Å². The number of aliphatic hydroxyl groups is 1. The third kappa shape index (κ3) is 4.75. The molecule has 0 fully saturated rings. The van der Waals surface area contributed by atoms with Gasteiger partial charge < -0.3 is 10.2 Å². The predicted molar refractivity (Wildman–Crippen MR) is 71.3 cm³/mol. The summed E-state index contributed by atoms with van der Waals surface area (Å²) < 4.78 is 48.2. The maximum Gasteiger partial charge on any atom is 0.321 e. The van der Waals surface area contributed by atoms with Gasteiger partial charge in [-0.2, -0.15) is 4.72 Å². The van der Waals surface area contributed by atoms with Crippen LogP contribution in [0.3, 0.4) is 0 Å². The summed E-state index contributed by atoms with van der Waals surface area (Å²) in [7, 11) is -8.36. The summed E-state index contributed by atoms with van der Waals surface area (Å²) in [5.74, 6) is -1.46. The van der Waals surface area contributed by atoms with Crippen LogP contribution in [-0.2, 0) is 24.8 Å². The summed E-state index contributed by atoms with van der Waals surface area (Å²) in [6, 6.07) is 2.65. The lowest BCUT2D eigenvalue weighted by atomic mass is 10.2. The molecule has 9 nitrogen and oxygen atoms in total. The van der Waals surface area contributed by atoms with Crippen molar-refractivity contribution in [3.63, 3.8) is 0 Å². The average molecular weight is 338 g/mol. The second-order valence-corrected chi connectivity index (χ2v) is 7.32. The second-order valence-electron chi connectivity index (χ2n) is 4.04. The van der Waals surface area contributed by atoms with Gasteiger partial charge in [0.05, 0.1) is 9.79 Å². The number of nitrogens with two attached hydrogens (primary N) is 1. The van der Waals surface area contributed by atoms with E-state index in [9.17, 15) is 21.6 Å². The second kappa shape index (κ2) is 6.49. The van der Waals surface area contributed by atoms with E-state index in [4.69, 9.17) is 15.4 Å². The number of rotatable bonds is 7. The Morgan fingerprint density at radius 1 is 1.24 bits per heavy atom. The number of hydrogen-bond donors (Lipinski definition) is 4. The summed E-state index contributed by atoms with van der Waals surface area (Å²) in [5, 5.41) is 22.5. The molecule has 0 aliphatic heterocycles. The fraction of sp³-hybridized carbons (Fsp3) is 0.300. The fourth-order valence-electron chi connectivity index (χ4n) is 1.44. The Kier molecular flexibility index (Phi) is 5.42. The molecule has 21 heavy (non-hydrogen) atoms. The van der Waals surface area contributed by atoms with Crippen molar-refractivity contribution < 1.29 is 31.8 Å². The molecule has 1 aromatic carbocycles. The lowest BCUT2D eigenvalue weighted by Gasteiger charge is -2.14. The number of carbonyl (C=O) groups is 1. The van der Waals surface area contributed by atoms with Crippen molar-refractivity contribution in [3.8, 4) is 0 Å². The zero-order valence-corrected chi connectivity index (χ0v) is 12.3. The first-order chi connectivity index (χ1) is 9.58. The summed E-state index contributed by atoms with van der Waals surface area (Å²) >= 11 is 0. The lowest BCUT2D eigenvalue weighted by molar-refractivity contribution is -0.139. The molecule has 0 radical (unpaired) electrons. The quantitative estimate of drug-likeness (QED) is 0.467. The normalized spacial score (nSPS) is 13.8. The van der Waals surface area contributed by atoms with E-state index in [1.807, 2.05) is 4.72 Å². The van der Waals surface area contributed by atoms with Crippen molar-refractivity contribution in [2.45, 2.75) is 22.3 Å². The van der Waals surface area contributed by atoms with Crippen LogP contribution in [0.15, 0.2) is 34.1 Å². The highest BCUT2D eigenvalue weighted by molar-refractivity contribution is 7.90. The number of hydrogen-bond acceptors (Lipinski definition) is 6. The van der Waals surface area contributed by atoms with Gasteiger partial charge in [0.15, 0.2) is 0 Å². The molecule has 5 N–H and O–H groups in total. The number of aliphatic carboxylic acids is 1. The highest BCUT2D eigenvalue weighted by atomic mass is 32.2. The average Bonchev–Trinajstić information content (AvgIpc) is 2.37. The van der Waals surface area contributed by atoms with Crippen LogP contribution in [0, 0.1) is 0 Å². The molecule has 0 heterocycles. The minimum absolute atomic E-state index is 0.330. The standard InChI is InChI=1S/C10H14N2O7S2/c11-20(16,17)7-2-1-3-8(6-7)21(18,19)12-9(4-5-13)10(14)15/h1-3,6,9,12-13H,4-5H2,(H,14,15)(H2,11,16,17)/t9-/m1/s1. The van der Waals surface area contributed by atoms with E-state index in [1.165, 1.54) is 0 Å². The third-order valence-corrected chi connectivity index (χ3v) is 4.84. The van der Waals surface area contributed by atoms with E-state index < -0.39 is 48.5 Å². The highest BCUT2D eigenvalue weighted by Gasteiger charge is 2.25. The van der Waals surface area contributed by atoms with Crippen molar-refractivity contribution in [1.29, 1.82) is 0 Å². The van der Waals surface area contributed by atoms with Crippen LogP contribution in [0.5, 0.6) is 0 Å². The number of carboxylic acid groups (broad SMARTS) is 1. The topological polar surface area (TPSA) is 164 Å². The van der Waals surface area contributed by atoms with Crippen molar-refractivity contribution in [2.24, 2.45) is 5.14 Å². The molecule has 118 valence electrons. The summed E-state index contributed by atoms with van der Waals surface area (Å²) in [4.78, 5) is 10.0. The van der Waals surface area contributed by atoms with E-state index in [1.54, 1.807) is 0 Å². The Balaban J connectivity index is 3.16. The molecule has 1 aromatic rings. The minimum Gasteiger partial charge on any atom is -0.480 e. The zero-order valence-electron chi connectivity index (χ0n) is 10.6. The molecule has 1 atom stereocenters. The first-order valence-corrected chi connectivity index (χ1v) is 8.60. The van der Waals surface area contributed by atoms with Crippen LogP contribution in [0.1, 0.15) is 6.42 Å². The minimum atomic E-state index is -4.27. The van der Waals surface area contributed by atoms with Crippen molar-refractivity contribution in [3.05, 3.63) is 24.3 Å². The maximum absolute atomic E-state index is 12.0. The Labute approximate surface area is 121 Å². The van der Waals surface area contributed by atoms with Gasteiger partial charge in [-0.1, -0.05) is 6.07 Å². The molecule has 0 aliphatic carbocycles. The first kappa shape index (κ1) is 17.5. The van der Waals surface area contributed by atoms with Crippen molar-refractivity contribution >= 4 is 26.0 Å². The number of benzene rings is 1. The Hall–Kier alpha value is -1.53. The zero-order chi connectivity index (χ0) is 16.3. The molecule has 0 saturated carbocycles. The molecule has 0 spiro atoms. The molecule has 0 aromatic heterocycles. The van der Waals surface area contributed by atoms with E-state index in [0.717, 1.165) is 24.3 Å². The molecule has 0 unspecified atom stereocenters. The van der Waals surface area contributed by atoms with Crippen LogP contribution in [-0.4, -0.2) is 45.7 Å². The largest absolute Gasteiger partial charge is 0.480 e. The summed E-state index contributed by atoms with van der Waals surface area (Å²) in [6.45, 7) is -0.531. The van der Waals surface area contributed by atoms with Crippen LogP contribution in [0.2, 0.25) is 0 Å². The molecular weight excluding hydrogens is 324 g/mol. The predicted octanol–water partition coefficient (Wildman–Crippen LogP) is -1.55. The first-order valence-electron chi connectivity index (χ1n) is 5.57. The number of primary sulfonamides is 1. The van der Waals surface area contributed by atoms with Crippen molar-refractivity contribution in [1.82, 2.24) is 4.72 Å². The van der Waals surface area contributed by atoms with Gasteiger partial charge in [0.2, 0.25) is 20.0 Å². The highest BCUT2D eigenvalue weighted by Crippen LogP contribution is 2.15. The van der Waals surface area contributed by atoms with Gasteiger partial charge in [0.1, 0.15) is 6.04 Å². The number of carboxylic acids is 1. The molecular formula is C10H14N2O7S2. The Morgan fingerprint density at radius 2 is 1.81 bits per heavy atom. The summed E-state index contributed by atoms with van der Waals surface area (Å²) in [5.41, 5.74) is 0. The Morgan fingerprint density at radius 3 is 2.29 bits per heavy atom. The lowest BCUT2D eigenvalue weighted by Crippen LogP contribution is -2.41. The van der Waals surface area contributed by atoms with E-state index >= 15 is 0 Å². The molecule has 1 rings (SSSR count). The van der Waals surface area contributed by atoms with Crippen LogP contribution in [0.25, 0.3) is 0 Å². The van der Waals surface area contributed by atoms with Gasteiger partial charge in [0, 0.05) is 6.61 Å². The van der Waals surface area contributed by atoms with Crippen LogP contribution >= 0.6 is 0 Å². The molecule has 0 aliphatic rings. The number of sulfonamides is 2. The van der Waals surface area contributed by atoms with Crippen molar-refractivity contribution in [2.75, 3.05) is 6.61 Å². The fourth-order valence-corrected chi connectivity index (χ4v) is 3.34. The van der Waals surface area contributed by atoms with Gasteiger partial charge in [-0.25, -0.2) is 22.0 Å². The monoisotopic (exact) mass is 338 g/mol. The molecule has 11 heteroatoms. The van der Waals surface area contributed by atoms with Gasteiger partial charge in [0.25, 0.3) is 0 Å². The van der Waals surface area contributed by atoms with E-state index in [2.05, 4.69) is 0 Å². The van der Waals surface area contributed by atoms with Gasteiger partial charge in [-0.15, -0.1) is 0 Å². The molecule has 0 saturated heterocycles. The summed E-state index contributed by atoms with van der Waals surface area (Å²) in [6.07, 6.45) is -0.330. The smallest absolute Gasteiger partial charge is 0.321 e.